The molecule has 1 aromatic rings. The van der Waals surface area contributed by atoms with E-state index < -0.39 is 0 Å². The Morgan fingerprint density at radius 2 is 0.941 bits per heavy atom. The molecule has 0 amide bonds. The Morgan fingerprint density at radius 3 is 1.18 bits per heavy atom. The van der Waals surface area contributed by atoms with Crippen molar-refractivity contribution in [3.8, 4) is 0 Å². The molecule has 0 nitrogen and oxygen atoms in total. The lowest BCUT2D eigenvalue weighted by Crippen LogP contribution is -2.47. The molecule has 0 fully saturated rings. The van der Waals surface area contributed by atoms with Gasteiger partial charge in [-0.2, -0.15) is 0 Å². The summed E-state index contributed by atoms with van der Waals surface area (Å²) in [6, 6.07) is 2.43. The average Bonchev–Trinajstić information content (AvgIpc) is 2.10. The van der Waals surface area contributed by atoms with Crippen molar-refractivity contribution in [1.29, 1.82) is 0 Å². The van der Waals surface area contributed by atoms with Crippen LogP contribution in [0.15, 0.2) is 6.07 Å². The predicted octanol–water partition coefficient (Wildman–Crippen LogP) is -0.943. The molecule has 90 valence electrons. The fourth-order valence-electron chi connectivity index (χ4n) is 2.60. The molecule has 0 spiro atoms. The maximum Gasteiger partial charge on any atom is 0.138 e. The van der Waals surface area contributed by atoms with Crippen molar-refractivity contribution in [2.75, 3.05) is 0 Å². The third-order valence-corrected chi connectivity index (χ3v) is 3.84. The Balaban J connectivity index is 3.63. The molecule has 0 aliphatic carbocycles. The van der Waals surface area contributed by atoms with Crippen molar-refractivity contribution in [3.05, 3.63) is 17.2 Å². The smallest absolute Gasteiger partial charge is 0.101 e. The standard InChI is InChI=1S/C14H25B3/c1-13(2,3)8-7-9(14(4,5)6)11(16)12(17)10(8)15/h7H,15-17H2,1-6H3. The molecule has 0 bridgehead atoms. The second-order valence-electron chi connectivity index (χ2n) is 7.35. The van der Waals surface area contributed by atoms with Gasteiger partial charge in [0.1, 0.15) is 23.5 Å². The molecule has 0 radical (unpaired) electrons. The van der Waals surface area contributed by atoms with Crippen LogP contribution in [0.1, 0.15) is 52.7 Å². The first-order valence-electron chi connectivity index (χ1n) is 6.58. The van der Waals surface area contributed by atoms with Crippen LogP contribution in [0, 0.1) is 0 Å². The van der Waals surface area contributed by atoms with Gasteiger partial charge in [0.25, 0.3) is 0 Å². The molecule has 0 heterocycles. The molecule has 1 aromatic carbocycles. The highest BCUT2D eigenvalue weighted by atomic mass is 14.3. The molecule has 0 aliphatic heterocycles. The first-order valence-corrected chi connectivity index (χ1v) is 6.58. The predicted molar refractivity (Wildman–Crippen MR) is 88.4 cm³/mol. The van der Waals surface area contributed by atoms with Gasteiger partial charge in [-0.15, -0.1) is 5.46 Å². The topological polar surface area (TPSA) is 0 Å². The SMILES string of the molecule is Bc1c(C(C)(C)C)cc(C(C)(C)C)c(B)c1B. The Kier molecular flexibility index (Phi) is 3.63. The first kappa shape index (κ1) is 14.5. The van der Waals surface area contributed by atoms with E-state index in [0.29, 0.717) is 0 Å². The zero-order valence-electron chi connectivity index (χ0n) is 13.1. The summed E-state index contributed by atoms with van der Waals surface area (Å²) in [7, 11) is 6.78. The lowest BCUT2D eigenvalue weighted by molar-refractivity contribution is 0.574. The minimum Gasteiger partial charge on any atom is -0.101 e. The largest absolute Gasteiger partial charge is 0.138 e. The summed E-state index contributed by atoms with van der Waals surface area (Å²) >= 11 is 0. The van der Waals surface area contributed by atoms with E-state index in [2.05, 4.69) is 71.1 Å². The van der Waals surface area contributed by atoms with Crippen LogP contribution in [0.4, 0.5) is 0 Å². The van der Waals surface area contributed by atoms with Gasteiger partial charge in [0, 0.05) is 0 Å². The third kappa shape index (κ3) is 2.81. The van der Waals surface area contributed by atoms with Gasteiger partial charge in [-0.25, -0.2) is 0 Å². The normalized spacial score (nSPS) is 12.8. The lowest BCUT2D eigenvalue weighted by Gasteiger charge is -2.31. The summed E-state index contributed by atoms with van der Waals surface area (Å²) in [4.78, 5) is 0. The van der Waals surface area contributed by atoms with Crippen LogP contribution in [0.25, 0.3) is 0 Å². The molecule has 0 aliphatic rings. The van der Waals surface area contributed by atoms with Gasteiger partial charge in [-0.3, -0.25) is 0 Å². The van der Waals surface area contributed by atoms with Gasteiger partial charge in [-0.05, 0) is 22.0 Å². The van der Waals surface area contributed by atoms with Crippen LogP contribution in [-0.2, 0) is 10.8 Å². The van der Waals surface area contributed by atoms with Gasteiger partial charge in [0.15, 0.2) is 0 Å². The van der Waals surface area contributed by atoms with Gasteiger partial charge in [0.05, 0.1) is 0 Å². The lowest BCUT2D eigenvalue weighted by atomic mass is 9.62. The summed E-state index contributed by atoms with van der Waals surface area (Å²) < 4.78 is 0. The van der Waals surface area contributed by atoms with Crippen LogP contribution >= 0.6 is 0 Å². The Labute approximate surface area is 110 Å². The quantitative estimate of drug-likeness (QED) is 0.500. The molecule has 17 heavy (non-hydrogen) atoms. The maximum atomic E-state index is 2.43. The number of rotatable bonds is 0. The van der Waals surface area contributed by atoms with Crippen molar-refractivity contribution in [3.63, 3.8) is 0 Å². The average molecular weight is 226 g/mol. The van der Waals surface area contributed by atoms with E-state index in [1.54, 1.807) is 0 Å². The molecule has 0 saturated carbocycles. The number of hydrogen-bond acceptors (Lipinski definition) is 0. The van der Waals surface area contributed by atoms with Crippen LogP contribution in [0.5, 0.6) is 0 Å². The Bertz CT molecular complexity index is 396. The fraction of sp³-hybridized carbons (Fsp3) is 0.571. The Morgan fingerprint density at radius 1 is 0.647 bits per heavy atom. The summed E-state index contributed by atoms with van der Waals surface area (Å²) in [5.74, 6) is 0. The fourth-order valence-corrected chi connectivity index (χ4v) is 2.60. The van der Waals surface area contributed by atoms with Crippen LogP contribution in [0.3, 0.4) is 0 Å². The molecule has 0 N–H and O–H groups in total. The van der Waals surface area contributed by atoms with E-state index in [9.17, 15) is 0 Å². The van der Waals surface area contributed by atoms with Crippen molar-refractivity contribution in [2.45, 2.75) is 52.4 Å². The van der Waals surface area contributed by atoms with E-state index in [1.165, 1.54) is 27.5 Å². The highest BCUT2D eigenvalue weighted by Crippen LogP contribution is 2.25. The van der Waals surface area contributed by atoms with E-state index in [0.717, 1.165) is 0 Å². The molecular weight excluding hydrogens is 201 g/mol. The highest BCUT2D eigenvalue weighted by molar-refractivity contribution is 6.58. The zero-order valence-corrected chi connectivity index (χ0v) is 13.1. The Hall–Kier alpha value is -0.585. The summed E-state index contributed by atoms with van der Waals surface area (Å²) in [6.45, 7) is 13.8. The minimum absolute atomic E-state index is 0.225. The van der Waals surface area contributed by atoms with Crippen LogP contribution < -0.4 is 16.4 Å². The van der Waals surface area contributed by atoms with E-state index in [1.807, 2.05) is 0 Å². The molecule has 0 unspecified atom stereocenters. The minimum atomic E-state index is 0.225. The molecule has 0 saturated heterocycles. The van der Waals surface area contributed by atoms with E-state index >= 15 is 0 Å². The van der Waals surface area contributed by atoms with Gasteiger partial charge in [0.2, 0.25) is 0 Å². The number of benzene rings is 1. The van der Waals surface area contributed by atoms with E-state index in [-0.39, 0.29) is 10.8 Å². The van der Waals surface area contributed by atoms with Crippen molar-refractivity contribution in [2.24, 2.45) is 0 Å². The molecule has 0 atom stereocenters. The van der Waals surface area contributed by atoms with Crippen molar-refractivity contribution >= 4 is 39.9 Å². The second kappa shape index (κ2) is 4.26. The van der Waals surface area contributed by atoms with Crippen LogP contribution in [-0.4, -0.2) is 23.5 Å². The summed E-state index contributed by atoms with van der Waals surface area (Å²) in [6.07, 6.45) is 0. The van der Waals surface area contributed by atoms with Gasteiger partial charge in [-0.1, -0.05) is 58.5 Å². The first-order chi connectivity index (χ1) is 7.46. The van der Waals surface area contributed by atoms with Crippen molar-refractivity contribution in [1.82, 2.24) is 0 Å². The maximum absolute atomic E-state index is 2.43. The molecule has 0 aromatic heterocycles. The summed E-state index contributed by atoms with van der Waals surface area (Å²) in [5.41, 5.74) is 7.81. The monoisotopic (exact) mass is 226 g/mol. The van der Waals surface area contributed by atoms with E-state index in [4.69, 9.17) is 0 Å². The zero-order chi connectivity index (χ0) is 13.6. The third-order valence-electron chi connectivity index (χ3n) is 3.84. The highest BCUT2D eigenvalue weighted by Gasteiger charge is 2.23. The van der Waals surface area contributed by atoms with Crippen LogP contribution in [0.2, 0.25) is 0 Å². The molecular formula is C14H25B3. The molecule has 3 heteroatoms. The molecule has 1 rings (SSSR count). The van der Waals surface area contributed by atoms with Gasteiger partial charge >= 0.3 is 0 Å². The van der Waals surface area contributed by atoms with Gasteiger partial charge < -0.3 is 0 Å². The summed E-state index contributed by atoms with van der Waals surface area (Å²) in [5, 5.41) is 0. The second-order valence-corrected chi connectivity index (χ2v) is 7.35. The number of hydrogen-bond donors (Lipinski definition) is 0. The van der Waals surface area contributed by atoms with Crippen molar-refractivity contribution < 1.29 is 0 Å².